The van der Waals surface area contributed by atoms with Crippen molar-refractivity contribution in [3.63, 3.8) is 0 Å². The quantitative estimate of drug-likeness (QED) is 0.520. The number of fused-ring (bicyclic) bond motifs is 1. The van der Waals surface area contributed by atoms with Crippen LogP contribution in [0.4, 0.5) is 5.13 Å². The van der Waals surface area contributed by atoms with Gasteiger partial charge in [-0.05, 0) is 31.2 Å². The number of hydrogen-bond donors (Lipinski definition) is 1. The topological polar surface area (TPSA) is 93.0 Å². The van der Waals surface area contributed by atoms with Crippen LogP contribution in [0.2, 0.25) is 0 Å². The summed E-state index contributed by atoms with van der Waals surface area (Å²) in [5.41, 5.74) is 3.57. The summed E-state index contributed by atoms with van der Waals surface area (Å²) in [5, 5.41) is 7.75. The largest absolute Gasteiger partial charge is 0.333 e. The van der Waals surface area contributed by atoms with Crippen molar-refractivity contribution in [1.29, 1.82) is 0 Å². The van der Waals surface area contributed by atoms with Crippen molar-refractivity contribution in [3.8, 4) is 5.69 Å². The zero-order chi connectivity index (χ0) is 22.1. The van der Waals surface area contributed by atoms with Crippen LogP contribution in [0.3, 0.4) is 0 Å². The molecule has 0 aliphatic carbocycles. The van der Waals surface area contributed by atoms with Crippen LogP contribution in [0.25, 0.3) is 5.69 Å². The van der Waals surface area contributed by atoms with Gasteiger partial charge in [-0.3, -0.25) is 19.9 Å². The first-order valence-corrected chi connectivity index (χ1v) is 11.0. The fourth-order valence-electron chi connectivity index (χ4n) is 3.70. The maximum Gasteiger partial charge on any atom is 0.276 e. The summed E-state index contributed by atoms with van der Waals surface area (Å²) in [6.45, 7) is 2.93. The molecule has 0 fully saturated rings. The van der Waals surface area contributed by atoms with Gasteiger partial charge in [-0.1, -0.05) is 35.6 Å². The maximum atomic E-state index is 13.2. The van der Waals surface area contributed by atoms with E-state index in [0.717, 1.165) is 22.0 Å². The lowest BCUT2D eigenvalue weighted by Gasteiger charge is -2.26. The van der Waals surface area contributed by atoms with Gasteiger partial charge in [0.15, 0.2) is 5.13 Å². The maximum absolute atomic E-state index is 13.2. The Bertz CT molecular complexity index is 1280. The summed E-state index contributed by atoms with van der Waals surface area (Å²) < 4.78 is 1.78. The van der Waals surface area contributed by atoms with Gasteiger partial charge in [-0.2, -0.15) is 5.10 Å². The molecule has 160 valence electrons. The highest BCUT2D eigenvalue weighted by atomic mass is 32.1. The molecule has 0 atom stereocenters. The number of pyridine rings is 1. The first-order valence-electron chi connectivity index (χ1n) is 10.2. The van der Waals surface area contributed by atoms with Crippen LogP contribution < -0.4 is 5.32 Å². The van der Waals surface area contributed by atoms with E-state index in [1.165, 1.54) is 11.3 Å². The van der Waals surface area contributed by atoms with E-state index in [2.05, 4.69) is 20.4 Å². The molecule has 32 heavy (non-hydrogen) atoms. The van der Waals surface area contributed by atoms with Crippen molar-refractivity contribution >= 4 is 28.3 Å². The van der Waals surface area contributed by atoms with Gasteiger partial charge in [0.2, 0.25) is 0 Å². The predicted molar refractivity (Wildman–Crippen MR) is 121 cm³/mol. The van der Waals surface area contributed by atoms with Gasteiger partial charge in [-0.25, -0.2) is 9.67 Å². The molecule has 1 aromatic carbocycles. The van der Waals surface area contributed by atoms with Gasteiger partial charge in [0, 0.05) is 24.0 Å². The Morgan fingerprint density at radius 3 is 2.69 bits per heavy atom. The van der Waals surface area contributed by atoms with Crippen molar-refractivity contribution in [2.45, 2.75) is 19.9 Å². The summed E-state index contributed by atoms with van der Waals surface area (Å²) in [7, 11) is 0. The van der Waals surface area contributed by atoms with E-state index in [4.69, 9.17) is 0 Å². The highest BCUT2D eigenvalue weighted by Gasteiger charge is 2.27. The Morgan fingerprint density at radius 1 is 1.09 bits per heavy atom. The number of para-hydroxylation sites is 1. The molecule has 8 nitrogen and oxygen atoms in total. The van der Waals surface area contributed by atoms with Crippen LogP contribution in [0.1, 0.15) is 37.1 Å². The molecule has 3 aromatic heterocycles. The van der Waals surface area contributed by atoms with Crippen LogP contribution in [0.5, 0.6) is 0 Å². The van der Waals surface area contributed by atoms with Crippen molar-refractivity contribution in [1.82, 2.24) is 24.6 Å². The summed E-state index contributed by atoms with van der Waals surface area (Å²) in [6.07, 6.45) is 3.85. The average Bonchev–Trinajstić information content (AvgIpc) is 3.41. The third-order valence-electron chi connectivity index (χ3n) is 5.38. The van der Waals surface area contributed by atoms with E-state index in [1.54, 1.807) is 35.3 Å². The monoisotopic (exact) mass is 444 g/mol. The Hall–Kier alpha value is -3.85. The second kappa shape index (κ2) is 8.35. The third kappa shape index (κ3) is 3.78. The molecule has 9 heteroatoms. The normalized spacial score (nSPS) is 13.0. The first-order chi connectivity index (χ1) is 15.6. The Morgan fingerprint density at radius 2 is 1.91 bits per heavy atom. The van der Waals surface area contributed by atoms with Gasteiger partial charge in [0.05, 0.1) is 35.4 Å². The van der Waals surface area contributed by atoms with Crippen LogP contribution in [0.15, 0.2) is 60.9 Å². The summed E-state index contributed by atoms with van der Waals surface area (Å²) in [6, 6.07) is 14.9. The number of amides is 2. The second-order valence-corrected chi connectivity index (χ2v) is 8.51. The lowest BCUT2D eigenvalue weighted by Crippen LogP contribution is -2.35. The fraction of sp³-hybridized carbons (Fsp3) is 0.174. The molecule has 0 spiro atoms. The number of thiazole rings is 1. The minimum Gasteiger partial charge on any atom is -0.333 e. The van der Waals surface area contributed by atoms with Crippen molar-refractivity contribution in [2.24, 2.45) is 0 Å². The van der Waals surface area contributed by atoms with Crippen LogP contribution in [-0.2, 0) is 13.0 Å². The molecule has 1 aliphatic heterocycles. The summed E-state index contributed by atoms with van der Waals surface area (Å²) in [4.78, 5) is 37.0. The van der Waals surface area contributed by atoms with Crippen molar-refractivity contribution in [2.75, 3.05) is 11.9 Å². The number of carbonyl (C=O) groups excluding carboxylic acids is 2. The SMILES string of the molecule is Cc1c(C(=O)N2CCc3nc(NC(=O)c4ccccn4)sc3C2)cnn1-c1ccccc1. The highest BCUT2D eigenvalue weighted by Crippen LogP contribution is 2.29. The van der Waals surface area contributed by atoms with Gasteiger partial charge in [0.1, 0.15) is 5.69 Å². The molecule has 1 N–H and O–H groups in total. The van der Waals surface area contributed by atoms with Gasteiger partial charge in [0.25, 0.3) is 11.8 Å². The molecule has 0 unspecified atom stereocenters. The lowest BCUT2D eigenvalue weighted by atomic mass is 10.1. The molecule has 5 rings (SSSR count). The van der Waals surface area contributed by atoms with Gasteiger partial charge < -0.3 is 4.90 Å². The molecule has 2 amide bonds. The van der Waals surface area contributed by atoms with E-state index < -0.39 is 0 Å². The minimum absolute atomic E-state index is 0.0530. The summed E-state index contributed by atoms with van der Waals surface area (Å²) >= 11 is 1.40. The summed E-state index contributed by atoms with van der Waals surface area (Å²) in [5.74, 6) is -0.351. The van der Waals surface area contributed by atoms with Crippen molar-refractivity contribution in [3.05, 3.63) is 88.4 Å². The number of anilines is 1. The predicted octanol–water partition coefficient (Wildman–Crippen LogP) is 3.48. The van der Waals surface area contributed by atoms with E-state index in [1.807, 2.05) is 42.2 Å². The zero-order valence-corrected chi connectivity index (χ0v) is 18.2. The lowest BCUT2D eigenvalue weighted by molar-refractivity contribution is 0.0735. The highest BCUT2D eigenvalue weighted by molar-refractivity contribution is 7.15. The third-order valence-corrected chi connectivity index (χ3v) is 6.38. The Labute approximate surface area is 188 Å². The van der Waals surface area contributed by atoms with Crippen LogP contribution in [-0.4, -0.2) is 43.0 Å². The molecule has 0 saturated carbocycles. The number of nitrogens with zero attached hydrogens (tertiary/aromatic N) is 5. The smallest absolute Gasteiger partial charge is 0.276 e. The Kier molecular flexibility index (Phi) is 5.24. The molecule has 0 radical (unpaired) electrons. The van der Waals surface area contributed by atoms with E-state index in [0.29, 0.717) is 35.9 Å². The zero-order valence-electron chi connectivity index (χ0n) is 17.4. The van der Waals surface area contributed by atoms with Gasteiger partial charge in [-0.15, -0.1) is 0 Å². The average molecular weight is 445 g/mol. The van der Waals surface area contributed by atoms with Gasteiger partial charge >= 0.3 is 0 Å². The molecule has 1 aliphatic rings. The second-order valence-electron chi connectivity index (χ2n) is 7.43. The molecule has 4 aromatic rings. The molecule has 0 bridgehead atoms. The first kappa shape index (κ1) is 20.1. The Balaban J connectivity index is 1.31. The number of hydrogen-bond acceptors (Lipinski definition) is 6. The minimum atomic E-state index is -0.298. The van der Waals surface area contributed by atoms with E-state index >= 15 is 0 Å². The number of aromatic nitrogens is 4. The fourth-order valence-corrected chi connectivity index (χ4v) is 4.72. The van der Waals surface area contributed by atoms with E-state index in [9.17, 15) is 9.59 Å². The molecule has 4 heterocycles. The number of rotatable bonds is 4. The number of carbonyl (C=O) groups is 2. The molecular weight excluding hydrogens is 424 g/mol. The number of benzene rings is 1. The van der Waals surface area contributed by atoms with Crippen LogP contribution in [0, 0.1) is 6.92 Å². The van der Waals surface area contributed by atoms with Crippen molar-refractivity contribution < 1.29 is 9.59 Å². The number of nitrogens with one attached hydrogen (secondary N) is 1. The van der Waals surface area contributed by atoms with Crippen LogP contribution >= 0.6 is 11.3 Å². The molecule has 0 saturated heterocycles. The molecular formula is C23H20N6O2S. The van der Waals surface area contributed by atoms with E-state index in [-0.39, 0.29) is 11.8 Å². The standard InChI is InChI=1S/C23H20N6O2S/c1-15-17(13-25-29(15)16-7-3-2-4-8-16)22(31)28-12-10-18-20(14-28)32-23(26-18)27-21(30)19-9-5-6-11-24-19/h2-9,11,13H,10,12,14H2,1H3,(H,26,27,30).